The van der Waals surface area contributed by atoms with E-state index in [0.29, 0.717) is 4.91 Å². The average Bonchev–Trinajstić information content (AvgIpc) is 2.78. The maximum Gasteiger partial charge on any atom is 0.293 e. The van der Waals surface area contributed by atoms with Gasteiger partial charge in [0.25, 0.3) is 11.1 Å². The van der Waals surface area contributed by atoms with Gasteiger partial charge in [0.1, 0.15) is 0 Å². The largest absolute Gasteiger partial charge is 0.371 e. The van der Waals surface area contributed by atoms with Gasteiger partial charge >= 0.3 is 0 Å². The lowest BCUT2D eigenvalue weighted by molar-refractivity contribution is -0.122. The van der Waals surface area contributed by atoms with Gasteiger partial charge in [-0.2, -0.15) is 0 Å². The highest BCUT2D eigenvalue weighted by atomic mass is 79.9. The fraction of sp³-hybridized carbons (Fsp3) is 0.294. The van der Waals surface area contributed by atoms with E-state index in [0.717, 1.165) is 40.6 Å². The summed E-state index contributed by atoms with van der Waals surface area (Å²) in [5.41, 5.74) is 2.00. The van der Waals surface area contributed by atoms with Crippen molar-refractivity contribution in [3.8, 4) is 0 Å². The zero-order chi connectivity index (χ0) is 17.0. The molecule has 0 bridgehead atoms. The minimum Gasteiger partial charge on any atom is -0.371 e. The van der Waals surface area contributed by atoms with E-state index in [-0.39, 0.29) is 17.7 Å². The third-order valence-electron chi connectivity index (χ3n) is 3.56. The van der Waals surface area contributed by atoms with Gasteiger partial charge in [0.2, 0.25) is 0 Å². The van der Waals surface area contributed by atoms with Crippen molar-refractivity contribution < 1.29 is 9.59 Å². The van der Waals surface area contributed by atoms with Gasteiger partial charge in [-0.15, -0.1) is 6.58 Å². The van der Waals surface area contributed by atoms with E-state index in [1.807, 2.05) is 18.2 Å². The zero-order valence-electron chi connectivity index (χ0n) is 13.2. The molecule has 1 heterocycles. The number of halogens is 1. The van der Waals surface area contributed by atoms with Crippen molar-refractivity contribution in [2.24, 2.45) is 0 Å². The van der Waals surface area contributed by atoms with Crippen LogP contribution in [-0.4, -0.2) is 35.7 Å². The fourth-order valence-electron chi connectivity index (χ4n) is 2.37. The lowest BCUT2D eigenvalue weighted by Crippen LogP contribution is -2.27. The van der Waals surface area contributed by atoms with Gasteiger partial charge < -0.3 is 4.90 Å². The molecule has 2 amide bonds. The minimum atomic E-state index is -0.260. The molecular weight excluding hydrogens is 376 g/mol. The second-order valence-corrected chi connectivity index (χ2v) is 6.81. The van der Waals surface area contributed by atoms with Crippen LogP contribution in [0.25, 0.3) is 6.08 Å². The number of hydrogen-bond acceptors (Lipinski definition) is 4. The lowest BCUT2D eigenvalue weighted by atomic mass is 10.1. The Morgan fingerprint density at radius 3 is 2.57 bits per heavy atom. The topological polar surface area (TPSA) is 40.6 Å². The molecule has 2 rings (SSSR count). The van der Waals surface area contributed by atoms with Crippen LogP contribution in [-0.2, 0) is 4.79 Å². The molecule has 0 atom stereocenters. The molecule has 1 saturated heterocycles. The Hall–Kier alpha value is -1.53. The zero-order valence-corrected chi connectivity index (χ0v) is 15.6. The van der Waals surface area contributed by atoms with Crippen LogP contribution < -0.4 is 4.90 Å². The summed E-state index contributed by atoms with van der Waals surface area (Å²) >= 11 is 4.56. The van der Waals surface area contributed by atoms with Crippen molar-refractivity contribution in [1.82, 2.24) is 4.90 Å². The summed E-state index contributed by atoms with van der Waals surface area (Å²) in [7, 11) is 0. The van der Waals surface area contributed by atoms with E-state index in [2.05, 4.69) is 41.3 Å². The molecule has 0 saturated carbocycles. The molecule has 0 aromatic heterocycles. The van der Waals surface area contributed by atoms with E-state index < -0.39 is 0 Å². The first-order valence-corrected chi connectivity index (χ1v) is 9.03. The standard InChI is InChI=1S/C17H19BrN2O2S/c1-4-9-20-16(21)15(23-17(20)22)11-12-7-8-14(13(18)10-12)19(5-2)6-3/h4,7-8,10-11H,1,5-6,9H2,2-3H3/b15-11+. The molecule has 1 aliphatic heterocycles. The molecule has 1 aliphatic rings. The second-order valence-electron chi connectivity index (χ2n) is 4.96. The maximum absolute atomic E-state index is 12.2. The number of anilines is 1. The van der Waals surface area contributed by atoms with Crippen LogP contribution in [0, 0.1) is 0 Å². The Kier molecular flexibility index (Phi) is 6.07. The van der Waals surface area contributed by atoms with Crippen LogP contribution in [0.3, 0.4) is 0 Å². The highest BCUT2D eigenvalue weighted by molar-refractivity contribution is 9.10. The Bertz CT molecular complexity index is 669. The Morgan fingerprint density at radius 2 is 2.00 bits per heavy atom. The predicted molar refractivity (Wildman–Crippen MR) is 101 cm³/mol. The third kappa shape index (κ3) is 3.87. The van der Waals surface area contributed by atoms with Gasteiger partial charge in [-0.25, -0.2) is 0 Å². The smallest absolute Gasteiger partial charge is 0.293 e. The number of benzene rings is 1. The fourth-order valence-corrected chi connectivity index (χ4v) is 3.87. The number of thioether (sulfide) groups is 1. The summed E-state index contributed by atoms with van der Waals surface area (Å²) in [6.07, 6.45) is 3.31. The molecule has 0 N–H and O–H groups in total. The summed E-state index contributed by atoms with van der Waals surface area (Å²) in [5, 5.41) is -0.250. The molecule has 1 aromatic rings. The van der Waals surface area contributed by atoms with Crippen molar-refractivity contribution in [3.63, 3.8) is 0 Å². The van der Waals surface area contributed by atoms with Crippen LogP contribution in [0.2, 0.25) is 0 Å². The normalized spacial score (nSPS) is 16.3. The molecule has 122 valence electrons. The molecule has 1 aromatic carbocycles. The van der Waals surface area contributed by atoms with Crippen LogP contribution in [0.5, 0.6) is 0 Å². The van der Waals surface area contributed by atoms with Gasteiger partial charge in [0.05, 0.1) is 10.6 Å². The first-order chi connectivity index (χ1) is 11.0. The summed E-state index contributed by atoms with van der Waals surface area (Å²) in [6.45, 7) is 9.89. The van der Waals surface area contributed by atoms with Crippen LogP contribution in [0.4, 0.5) is 10.5 Å². The highest BCUT2D eigenvalue weighted by Gasteiger charge is 2.34. The van der Waals surface area contributed by atoms with Gasteiger partial charge in [0, 0.05) is 24.1 Å². The van der Waals surface area contributed by atoms with Crippen LogP contribution in [0.15, 0.2) is 40.2 Å². The predicted octanol–water partition coefficient (Wildman–Crippen LogP) is 4.52. The van der Waals surface area contributed by atoms with Crippen molar-refractivity contribution >= 4 is 50.6 Å². The average molecular weight is 395 g/mol. The van der Waals surface area contributed by atoms with Gasteiger partial charge in [-0.05, 0) is 65.3 Å². The summed E-state index contributed by atoms with van der Waals surface area (Å²) in [5.74, 6) is -0.260. The SMILES string of the molecule is C=CCN1C(=O)S/C(=C/c2ccc(N(CC)CC)c(Br)c2)C1=O. The Balaban J connectivity index is 2.27. The van der Waals surface area contributed by atoms with Crippen molar-refractivity contribution in [3.05, 3.63) is 45.8 Å². The van der Waals surface area contributed by atoms with E-state index in [1.165, 1.54) is 4.90 Å². The highest BCUT2D eigenvalue weighted by Crippen LogP contribution is 2.34. The number of amides is 2. The number of carbonyl (C=O) groups is 2. The summed E-state index contributed by atoms with van der Waals surface area (Å²) < 4.78 is 0.972. The van der Waals surface area contributed by atoms with E-state index >= 15 is 0 Å². The number of imide groups is 1. The Labute approximate surface area is 149 Å². The lowest BCUT2D eigenvalue weighted by Gasteiger charge is -2.22. The molecule has 0 aliphatic carbocycles. The van der Waals surface area contributed by atoms with Crippen molar-refractivity contribution in [2.75, 3.05) is 24.5 Å². The summed E-state index contributed by atoms with van der Waals surface area (Å²) in [6, 6.07) is 5.95. The van der Waals surface area contributed by atoms with Gasteiger partial charge in [0.15, 0.2) is 0 Å². The molecule has 23 heavy (non-hydrogen) atoms. The molecular formula is C17H19BrN2O2S. The third-order valence-corrected chi connectivity index (χ3v) is 5.10. The van der Waals surface area contributed by atoms with E-state index in [1.54, 1.807) is 12.2 Å². The summed E-state index contributed by atoms with van der Waals surface area (Å²) in [4.78, 5) is 27.9. The van der Waals surface area contributed by atoms with Gasteiger partial charge in [-0.3, -0.25) is 14.5 Å². The molecule has 0 radical (unpaired) electrons. The number of hydrogen-bond donors (Lipinski definition) is 0. The first kappa shape index (κ1) is 17.8. The number of nitrogens with zero attached hydrogens (tertiary/aromatic N) is 2. The molecule has 6 heteroatoms. The van der Waals surface area contributed by atoms with Gasteiger partial charge in [-0.1, -0.05) is 12.1 Å². The number of carbonyl (C=O) groups excluding carboxylic acids is 2. The molecule has 0 unspecified atom stereocenters. The monoisotopic (exact) mass is 394 g/mol. The van der Waals surface area contributed by atoms with Crippen molar-refractivity contribution in [2.45, 2.75) is 13.8 Å². The van der Waals surface area contributed by atoms with Crippen LogP contribution >= 0.6 is 27.7 Å². The quantitative estimate of drug-likeness (QED) is 0.525. The molecule has 1 fully saturated rings. The second kappa shape index (κ2) is 7.84. The van der Waals surface area contributed by atoms with Crippen molar-refractivity contribution in [1.29, 1.82) is 0 Å². The maximum atomic E-state index is 12.2. The first-order valence-electron chi connectivity index (χ1n) is 7.42. The van der Waals surface area contributed by atoms with Crippen LogP contribution in [0.1, 0.15) is 19.4 Å². The molecule has 4 nitrogen and oxygen atoms in total. The number of rotatable bonds is 6. The Morgan fingerprint density at radius 1 is 1.30 bits per heavy atom. The van der Waals surface area contributed by atoms with E-state index in [4.69, 9.17) is 0 Å². The molecule has 0 spiro atoms. The minimum absolute atomic E-state index is 0.243. The van der Waals surface area contributed by atoms with E-state index in [9.17, 15) is 9.59 Å².